The van der Waals surface area contributed by atoms with Crippen LogP contribution in [0.2, 0.25) is 0 Å². The maximum Gasteiger partial charge on any atom is 0.139 e. The molecule has 0 amide bonds. The largest absolute Gasteiger partial charge is 0.456 e. The minimum Gasteiger partial charge on any atom is -0.456 e. The van der Waals surface area contributed by atoms with E-state index in [0.717, 1.165) is 33.2 Å². The number of fused-ring (bicyclic) bond motifs is 4. The van der Waals surface area contributed by atoms with E-state index in [1.165, 1.54) is 26.1 Å². The maximum atomic E-state index is 6.25. The first-order valence-corrected chi connectivity index (χ1v) is 11.7. The number of nitrogens with zero attached hydrogens (tertiary/aromatic N) is 1. The van der Waals surface area contributed by atoms with Gasteiger partial charge in [0.1, 0.15) is 11.2 Å². The molecule has 0 aliphatic carbocycles. The predicted molar refractivity (Wildman–Crippen MR) is 132 cm³/mol. The Bertz CT molecular complexity index is 1430. The Morgan fingerprint density at radius 1 is 1.07 bits per heavy atom. The molecule has 0 saturated carbocycles. The number of aromatic nitrogens is 1. The standard InChI is InChI=1S/C26H23NOS2/c1-6-29-22-8-7-16(11-19(22)26(3,4)5)25-24-18-13-23-17(15(2)14-30-23)12-21(18)28-20(24)9-10-27-25/h6-14H,1H2,2-5H3. The summed E-state index contributed by atoms with van der Waals surface area (Å²) >= 11 is 3.45. The van der Waals surface area contributed by atoms with Crippen LogP contribution in [0.5, 0.6) is 0 Å². The molecule has 0 aliphatic heterocycles. The highest BCUT2D eigenvalue weighted by molar-refractivity contribution is 8.02. The lowest BCUT2D eigenvalue weighted by atomic mass is 9.85. The van der Waals surface area contributed by atoms with Crippen LogP contribution < -0.4 is 0 Å². The van der Waals surface area contributed by atoms with Gasteiger partial charge in [-0.25, -0.2) is 0 Å². The third-order valence-corrected chi connectivity index (χ3v) is 7.38. The van der Waals surface area contributed by atoms with Crippen molar-refractivity contribution < 1.29 is 4.42 Å². The van der Waals surface area contributed by atoms with Gasteiger partial charge in [-0.2, -0.15) is 0 Å². The van der Waals surface area contributed by atoms with Crippen LogP contribution in [0, 0.1) is 6.92 Å². The number of benzene rings is 2. The molecule has 0 bridgehead atoms. The number of rotatable bonds is 3. The van der Waals surface area contributed by atoms with Gasteiger partial charge in [-0.1, -0.05) is 45.2 Å². The van der Waals surface area contributed by atoms with Crippen LogP contribution in [0.3, 0.4) is 0 Å². The van der Waals surface area contributed by atoms with Gasteiger partial charge in [0.2, 0.25) is 0 Å². The van der Waals surface area contributed by atoms with Crippen molar-refractivity contribution >= 4 is 55.1 Å². The quantitative estimate of drug-likeness (QED) is 0.268. The number of hydrogen-bond donors (Lipinski definition) is 0. The Morgan fingerprint density at radius 2 is 1.90 bits per heavy atom. The molecule has 4 heteroatoms. The fourth-order valence-electron chi connectivity index (χ4n) is 4.04. The molecule has 2 aromatic carbocycles. The number of hydrogen-bond acceptors (Lipinski definition) is 4. The summed E-state index contributed by atoms with van der Waals surface area (Å²) in [6.45, 7) is 12.8. The van der Waals surface area contributed by atoms with E-state index in [0.29, 0.717) is 0 Å². The molecule has 0 saturated heterocycles. The lowest BCUT2D eigenvalue weighted by Crippen LogP contribution is -2.12. The molecule has 5 aromatic rings. The highest BCUT2D eigenvalue weighted by atomic mass is 32.2. The Hall–Kier alpha value is -2.56. The van der Waals surface area contributed by atoms with E-state index in [1.54, 1.807) is 23.1 Å². The summed E-state index contributed by atoms with van der Waals surface area (Å²) < 4.78 is 7.54. The van der Waals surface area contributed by atoms with Crippen LogP contribution in [0.1, 0.15) is 31.9 Å². The number of aryl methyl sites for hydroxylation is 1. The molecule has 0 N–H and O–H groups in total. The fraction of sp³-hybridized carbons (Fsp3) is 0.192. The summed E-state index contributed by atoms with van der Waals surface area (Å²) in [6.07, 6.45) is 1.84. The minimum atomic E-state index is 0.0222. The second-order valence-electron chi connectivity index (χ2n) is 8.64. The van der Waals surface area contributed by atoms with E-state index in [9.17, 15) is 0 Å². The van der Waals surface area contributed by atoms with Crippen LogP contribution in [0.15, 0.2) is 69.3 Å². The second-order valence-corrected chi connectivity index (χ2v) is 10.6. The molecule has 150 valence electrons. The molecule has 0 radical (unpaired) electrons. The van der Waals surface area contributed by atoms with E-state index in [1.807, 2.05) is 17.7 Å². The van der Waals surface area contributed by atoms with Crippen molar-refractivity contribution in [1.29, 1.82) is 0 Å². The average Bonchev–Trinajstić information content (AvgIpc) is 3.26. The fourth-order valence-corrected chi connectivity index (χ4v) is 5.83. The van der Waals surface area contributed by atoms with Crippen molar-refractivity contribution in [3.8, 4) is 11.3 Å². The van der Waals surface area contributed by atoms with Gasteiger partial charge in [-0.3, -0.25) is 4.98 Å². The first kappa shape index (κ1) is 19.4. The van der Waals surface area contributed by atoms with Gasteiger partial charge in [0, 0.05) is 26.7 Å². The predicted octanol–water partition coefficient (Wildman–Crippen LogP) is 8.70. The van der Waals surface area contributed by atoms with Crippen molar-refractivity contribution in [3.63, 3.8) is 0 Å². The van der Waals surface area contributed by atoms with E-state index < -0.39 is 0 Å². The highest BCUT2D eigenvalue weighted by Gasteiger charge is 2.21. The zero-order valence-corrected chi connectivity index (χ0v) is 19.2. The third-order valence-electron chi connectivity index (χ3n) is 5.54. The SMILES string of the molecule is C=CSc1ccc(-c2nccc3oc4cc5c(C)csc5cc4c23)cc1C(C)(C)C. The number of thioether (sulfide) groups is 1. The van der Waals surface area contributed by atoms with Crippen molar-refractivity contribution in [2.75, 3.05) is 0 Å². The van der Waals surface area contributed by atoms with Gasteiger partial charge in [-0.05, 0) is 70.0 Å². The highest BCUT2D eigenvalue weighted by Crippen LogP contribution is 2.41. The smallest absolute Gasteiger partial charge is 0.139 e. The molecular formula is C26H23NOS2. The Morgan fingerprint density at radius 3 is 2.67 bits per heavy atom. The van der Waals surface area contributed by atoms with E-state index in [-0.39, 0.29) is 5.41 Å². The summed E-state index contributed by atoms with van der Waals surface area (Å²) in [4.78, 5) is 6.04. The zero-order chi connectivity index (χ0) is 21.0. The summed E-state index contributed by atoms with van der Waals surface area (Å²) in [5.74, 6) is 0. The monoisotopic (exact) mass is 429 g/mol. The zero-order valence-electron chi connectivity index (χ0n) is 17.6. The van der Waals surface area contributed by atoms with Gasteiger partial charge in [0.15, 0.2) is 0 Å². The Balaban J connectivity index is 1.80. The van der Waals surface area contributed by atoms with Gasteiger partial charge in [0.05, 0.1) is 11.1 Å². The van der Waals surface area contributed by atoms with Crippen LogP contribution >= 0.6 is 23.1 Å². The van der Waals surface area contributed by atoms with Gasteiger partial charge < -0.3 is 4.42 Å². The molecule has 0 unspecified atom stereocenters. The molecule has 30 heavy (non-hydrogen) atoms. The van der Waals surface area contributed by atoms with Crippen molar-refractivity contribution in [2.24, 2.45) is 0 Å². The van der Waals surface area contributed by atoms with Gasteiger partial charge in [-0.15, -0.1) is 11.3 Å². The Kier molecular flexibility index (Phi) is 4.53. The molecule has 2 nitrogen and oxygen atoms in total. The maximum absolute atomic E-state index is 6.25. The lowest BCUT2D eigenvalue weighted by Gasteiger charge is -2.23. The van der Waals surface area contributed by atoms with Gasteiger partial charge in [0.25, 0.3) is 0 Å². The lowest BCUT2D eigenvalue weighted by molar-refractivity contribution is 0.578. The first-order chi connectivity index (χ1) is 14.4. The van der Waals surface area contributed by atoms with Crippen LogP contribution in [0.25, 0.3) is 43.3 Å². The number of pyridine rings is 1. The van der Waals surface area contributed by atoms with Gasteiger partial charge >= 0.3 is 0 Å². The molecule has 5 rings (SSSR count). The molecule has 3 aromatic heterocycles. The van der Waals surface area contributed by atoms with Crippen LogP contribution in [-0.4, -0.2) is 4.98 Å². The number of thiophene rings is 1. The molecule has 3 heterocycles. The number of furan rings is 1. The molecule has 0 spiro atoms. The Labute approximate surface area is 184 Å². The average molecular weight is 430 g/mol. The summed E-state index contributed by atoms with van der Waals surface area (Å²) in [5.41, 5.74) is 6.50. The van der Waals surface area contributed by atoms with Crippen molar-refractivity contribution in [2.45, 2.75) is 38.0 Å². The third kappa shape index (κ3) is 3.06. The normalized spacial score (nSPS) is 12.3. The van der Waals surface area contributed by atoms with E-state index in [4.69, 9.17) is 9.40 Å². The van der Waals surface area contributed by atoms with Crippen molar-refractivity contribution in [1.82, 2.24) is 4.98 Å². The van der Waals surface area contributed by atoms with Crippen LogP contribution in [-0.2, 0) is 5.41 Å². The molecule has 0 fully saturated rings. The van der Waals surface area contributed by atoms with Crippen LogP contribution in [0.4, 0.5) is 0 Å². The van der Waals surface area contributed by atoms with E-state index >= 15 is 0 Å². The first-order valence-electron chi connectivity index (χ1n) is 9.98. The molecule has 0 aliphatic rings. The minimum absolute atomic E-state index is 0.0222. The molecular weight excluding hydrogens is 406 g/mol. The summed E-state index contributed by atoms with van der Waals surface area (Å²) in [5, 5.41) is 7.58. The van der Waals surface area contributed by atoms with E-state index in [2.05, 4.69) is 70.0 Å². The summed E-state index contributed by atoms with van der Waals surface area (Å²) in [6, 6.07) is 13.0. The van der Waals surface area contributed by atoms with Crippen molar-refractivity contribution in [3.05, 3.63) is 71.1 Å². The summed E-state index contributed by atoms with van der Waals surface area (Å²) in [7, 11) is 0. The molecule has 0 atom stereocenters. The topological polar surface area (TPSA) is 26.0 Å². The second kappa shape index (κ2) is 7.00.